The second-order valence-corrected chi connectivity index (χ2v) is 6.77. The Labute approximate surface area is 163 Å². The van der Waals surface area contributed by atoms with Crippen molar-refractivity contribution in [1.82, 2.24) is 4.90 Å². The maximum atomic E-state index is 12.4. The number of rotatable bonds is 10. The molecular weight excluding hydrogens is 338 g/mol. The van der Waals surface area contributed by atoms with Gasteiger partial charge < -0.3 is 14.4 Å². The van der Waals surface area contributed by atoms with Crippen molar-refractivity contribution < 1.29 is 14.3 Å². The molecule has 146 valence electrons. The highest BCUT2D eigenvalue weighted by Gasteiger charge is 2.14. The summed E-state index contributed by atoms with van der Waals surface area (Å²) >= 11 is 0. The molecule has 0 radical (unpaired) electrons. The van der Waals surface area contributed by atoms with Crippen LogP contribution in [0.2, 0.25) is 0 Å². The molecule has 0 fully saturated rings. The van der Waals surface area contributed by atoms with Crippen LogP contribution in [-0.4, -0.2) is 30.4 Å². The van der Waals surface area contributed by atoms with Crippen molar-refractivity contribution in [3.8, 4) is 5.75 Å². The number of ether oxygens (including phenoxy) is 2. The van der Waals surface area contributed by atoms with E-state index in [1.807, 2.05) is 56.3 Å². The average molecular weight is 370 g/mol. The molecule has 2 aromatic carbocycles. The van der Waals surface area contributed by atoms with Crippen molar-refractivity contribution in [1.29, 1.82) is 0 Å². The van der Waals surface area contributed by atoms with E-state index in [2.05, 4.69) is 26.0 Å². The van der Waals surface area contributed by atoms with Gasteiger partial charge in [0.25, 0.3) is 0 Å². The summed E-state index contributed by atoms with van der Waals surface area (Å²) in [7, 11) is 0. The molecule has 4 nitrogen and oxygen atoms in total. The summed E-state index contributed by atoms with van der Waals surface area (Å²) in [5.41, 5.74) is 2.31. The van der Waals surface area contributed by atoms with Crippen molar-refractivity contribution in [3.05, 3.63) is 65.7 Å². The summed E-state index contributed by atoms with van der Waals surface area (Å²) in [6.45, 7) is 9.01. The fourth-order valence-electron chi connectivity index (χ4n) is 2.75. The Morgan fingerprint density at radius 1 is 1.00 bits per heavy atom. The summed E-state index contributed by atoms with van der Waals surface area (Å²) < 4.78 is 11.6. The number of amides is 1. The molecule has 27 heavy (non-hydrogen) atoms. The van der Waals surface area contributed by atoms with E-state index in [0.717, 1.165) is 17.7 Å². The van der Waals surface area contributed by atoms with Crippen molar-refractivity contribution in [2.24, 2.45) is 0 Å². The molecule has 0 aromatic heterocycles. The monoisotopic (exact) mass is 369 g/mol. The van der Waals surface area contributed by atoms with Crippen LogP contribution in [0.15, 0.2) is 54.6 Å². The van der Waals surface area contributed by atoms with E-state index in [9.17, 15) is 4.79 Å². The van der Waals surface area contributed by atoms with Crippen LogP contribution < -0.4 is 4.74 Å². The molecule has 0 bridgehead atoms. The molecule has 0 aliphatic rings. The van der Waals surface area contributed by atoms with Crippen LogP contribution in [0.5, 0.6) is 5.75 Å². The van der Waals surface area contributed by atoms with Gasteiger partial charge in [-0.1, -0.05) is 56.3 Å². The van der Waals surface area contributed by atoms with Crippen molar-refractivity contribution in [3.63, 3.8) is 0 Å². The first-order valence-corrected chi connectivity index (χ1v) is 9.73. The lowest BCUT2D eigenvalue weighted by Crippen LogP contribution is -2.36. The second kappa shape index (κ2) is 10.7. The number of benzene rings is 2. The quantitative estimate of drug-likeness (QED) is 0.554. The van der Waals surface area contributed by atoms with E-state index in [0.29, 0.717) is 18.9 Å². The molecule has 1 amide bonds. The Kier molecular flexibility index (Phi) is 8.34. The number of carbonyl (C=O) groups excluding carboxylic acids is 1. The van der Waals surface area contributed by atoms with Gasteiger partial charge in [-0.3, -0.25) is 4.79 Å². The highest BCUT2D eigenvalue weighted by atomic mass is 16.7. The number of hydrogen-bond donors (Lipinski definition) is 0. The number of carbonyl (C=O) groups is 1. The molecule has 2 unspecified atom stereocenters. The molecule has 0 aliphatic heterocycles. The number of hydrogen-bond acceptors (Lipinski definition) is 3. The van der Waals surface area contributed by atoms with Gasteiger partial charge in [-0.25, -0.2) is 0 Å². The predicted molar refractivity (Wildman–Crippen MR) is 109 cm³/mol. The molecule has 2 atom stereocenters. The lowest BCUT2D eigenvalue weighted by molar-refractivity contribution is -0.146. The summed E-state index contributed by atoms with van der Waals surface area (Å²) in [6, 6.07) is 17.9. The van der Waals surface area contributed by atoms with Crippen LogP contribution >= 0.6 is 0 Å². The highest BCUT2D eigenvalue weighted by Crippen LogP contribution is 2.22. The van der Waals surface area contributed by atoms with Crippen molar-refractivity contribution >= 4 is 5.91 Å². The van der Waals surface area contributed by atoms with Gasteiger partial charge in [0.1, 0.15) is 12.5 Å². The molecule has 0 saturated heterocycles. The van der Waals surface area contributed by atoms with Crippen LogP contribution in [0.3, 0.4) is 0 Å². The third-order valence-corrected chi connectivity index (χ3v) is 4.76. The smallest absolute Gasteiger partial charge is 0.228 e. The Morgan fingerprint density at radius 3 is 2.26 bits per heavy atom. The normalized spacial score (nSPS) is 13.0. The summed E-state index contributed by atoms with van der Waals surface area (Å²) in [5, 5.41) is 0. The molecule has 0 aliphatic carbocycles. The highest BCUT2D eigenvalue weighted by molar-refractivity contribution is 5.78. The second-order valence-electron chi connectivity index (χ2n) is 6.77. The first kappa shape index (κ1) is 21.0. The Morgan fingerprint density at radius 2 is 1.67 bits per heavy atom. The lowest BCUT2D eigenvalue weighted by atomic mass is 9.99. The molecule has 0 saturated carbocycles. The minimum absolute atomic E-state index is 0.0498. The minimum Gasteiger partial charge on any atom is -0.465 e. The first-order chi connectivity index (χ1) is 13.0. The summed E-state index contributed by atoms with van der Waals surface area (Å²) in [5.74, 6) is 1.36. The third kappa shape index (κ3) is 6.72. The van der Waals surface area contributed by atoms with Gasteiger partial charge in [0.2, 0.25) is 5.91 Å². The maximum absolute atomic E-state index is 12.4. The van der Waals surface area contributed by atoms with Crippen LogP contribution in [0.4, 0.5) is 0 Å². The molecule has 0 heterocycles. The molecule has 2 rings (SSSR count). The zero-order chi connectivity index (χ0) is 19.6. The van der Waals surface area contributed by atoms with Gasteiger partial charge in [0.15, 0.2) is 6.29 Å². The average Bonchev–Trinajstić information content (AvgIpc) is 2.69. The van der Waals surface area contributed by atoms with E-state index in [4.69, 9.17) is 9.47 Å². The molecule has 0 N–H and O–H groups in total. The molecule has 2 aromatic rings. The van der Waals surface area contributed by atoms with E-state index < -0.39 is 6.29 Å². The van der Waals surface area contributed by atoms with Gasteiger partial charge >= 0.3 is 0 Å². The summed E-state index contributed by atoms with van der Waals surface area (Å²) in [4.78, 5) is 14.1. The fourth-order valence-corrected chi connectivity index (χ4v) is 2.75. The molecule has 4 heteroatoms. The van der Waals surface area contributed by atoms with Crippen molar-refractivity contribution in [2.75, 3.05) is 13.3 Å². The van der Waals surface area contributed by atoms with Gasteiger partial charge in [-0.15, -0.1) is 0 Å². The largest absolute Gasteiger partial charge is 0.465 e. The van der Waals surface area contributed by atoms with Gasteiger partial charge in [0.05, 0.1) is 6.42 Å². The lowest BCUT2D eigenvalue weighted by Gasteiger charge is -2.24. The van der Waals surface area contributed by atoms with Gasteiger partial charge in [-0.05, 0) is 49.4 Å². The topological polar surface area (TPSA) is 38.8 Å². The van der Waals surface area contributed by atoms with Crippen molar-refractivity contribution in [2.45, 2.75) is 52.7 Å². The van der Waals surface area contributed by atoms with E-state index in [-0.39, 0.29) is 12.6 Å². The van der Waals surface area contributed by atoms with Crippen LogP contribution in [-0.2, 0) is 16.0 Å². The maximum Gasteiger partial charge on any atom is 0.228 e. The number of nitrogens with zero attached hydrogens (tertiary/aromatic N) is 1. The zero-order valence-corrected chi connectivity index (χ0v) is 16.9. The van der Waals surface area contributed by atoms with Gasteiger partial charge in [0, 0.05) is 6.54 Å². The van der Waals surface area contributed by atoms with Crippen LogP contribution in [0.25, 0.3) is 0 Å². The Hall–Kier alpha value is -2.33. The van der Waals surface area contributed by atoms with E-state index in [1.54, 1.807) is 4.90 Å². The molecule has 0 spiro atoms. The SMILES string of the molecule is CCC(C)c1ccc(OC(C)OCN(CC)C(=O)Cc2ccccc2)cc1. The van der Waals surface area contributed by atoms with Gasteiger partial charge in [-0.2, -0.15) is 0 Å². The van der Waals surface area contributed by atoms with Crippen LogP contribution in [0.1, 0.15) is 51.2 Å². The fraction of sp³-hybridized carbons (Fsp3) is 0.435. The van der Waals surface area contributed by atoms with Crippen LogP contribution in [0, 0.1) is 0 Å². The first-order valence-electron chi connectivity index (χ1n) is 9.73. The summed E-state index contributed by atoms with van der Waals surface area (Å²) in [6.07, 6.45) is 1.06. The minimum atomic E-state index is -0.432. The Bertz CT molecular complexity index is 685. The zero-order valence-electron chi connectivity index (χ0n) is 16.9. The molecular formula is C23H31NO3. The number of likely N-dealkylation sites (N-methyl/N-ethyl adjacent to an activating group) is 1. The Balaban J connectivity index is 1.82. The van der Waals surface area contributed by atoms with E-state index >= 15 is 0 Å². The van der Waals surface area contributed by atoms with E-state index in [1.165, 1.54) is 5.56 Å². The standard InChI is InChI=1S/C23H31NO3/c1-5-18(3)21-12-14-22(15-13-21)27-19(4)26-17-24(6-2)23(25)16-20-10-8-7-9-11-20/h7-15,18-19H,5-6,16-17H2,1-4H3. The predicted octanol–water partition coefficient (Wildman–Crippen LogP) is 4.99. The third-order valence-electron chi connectivity index (χ3n) is 4.76.